The SMILES string of the molecule is C=CCCCCCC[C@H](NC(=O)Cc1cccc([N+](=O)[O-])c1)C(=O)OC. The zero-order valence-corrected chi connectivity index (χ0v) is 15.1. The molecule has 26 heavy (non-hydrogen) atoms. The summed E-state index contributed by atoms with van der Waals surface area (Å²) in [7, 11) is 1.28. The van der Waals surface area contributed by atoms with E-state index >= 15 is 0 Å². The summed E-state index contributed by atoms with van der Waals surface area (Å²) in [5.41, 5.74) is 0.448. The maximum atomic E-state index is 12.2. The van der Waals surface area contributed by atoms with E-state index in [1.165, 1.54) is 25.3 Å². The van der Waals surface area contributed by atoms with E-state index in [2.05, 4.69) is 11.9 Å². The molecule has 0 fully saturated rings. The molecule has 0 saturated carbocycles. The van der Waals surface area contributed by atoms with Crippen LogP contribution in [0.25, 0.3) is 0 Å². The molecule has 0 heterocycles. The van der Waals surface area contributed by atoms with Gasteiger partial charge in [-0.15, -0.1) is 6.58 Å². The van der Waals surface area contributed by atoms with Crippen LogP contribution in [0.15, 0.2) is 36.9 Å². The number of ether oxygens (including phenoxy) is 1. The third-order valence-corrected chi connectivity index (χ3v) is 3.96. The normalized spacial score (nSPS) is 11.4. The Morgan fingerprint density at radius 2 is 2.04 bits per heavy atom. The number of allylic oxidation sites excluding steroid dienone is 1. The summed E-state index contributed by atoms with van der Waals surface area (Å²) in [6.07, 6.45) is 7.19. The van der Waals surface area contributed by atoms with Gasteiger partial charge in [0, 0.05) is 12.1 Å². The highest BCUT2D eigenvalue weighted by molar-refractivity contribution is 5.85. The average Bonchev–Trinajstić information content (AvgIpc) is 2.63. The zero-order chi connectivity index (χ0) is 19.4. The second kappa shape index (κ2) is 11.8. The van der Waals surface area contributed by atoms with E-state index in [9.17, 15) is 19.7 Å². The second-order valence-electron chi connectivity index (χ2n) is 6.03. The first kappa shape index (κ1) is 21.3. The van der Waals surface area contributed by atoms with Gasteiger partial charge in [0.1, 0.15) is 6.04 Å². The van der Waals surface area contributed by atoms with Crippen LogP contribution >= 0.6 is 0 Å². The Morgan fingerprint density at radius 3 is 2.69 bits per heavy atom. The van der Waals surface area contributed by atoms with Crippen LogP contribution in [0, 0.1) is 10.1 Å². The van der Waals surface area contributed by atoms with E-state index in [1.807, 2.05) is 6.08 Å². The van der Waals surface area contributed by atoms with Crippen LogP contribution in [0.5, 0.6) is 0 Å². The molecule has 1 rings (SSSR count). The number of carbonyl (C=O) groups excluding carboxylic acids is 2. The van der Waals surface area contributed by atoms with Crippen molar-refractivity contribution in [1.29, 1.82) is 0 Å². The van der Waals surface area contributed by atoms with Gasteiger partial charge in [0.25, 0.3) is 5.69 Å². The molecule has 0 aliphatic carbocycles. The smallest absolute Gasteiger partial charge is 0.328 e. The lowest BCUT2D eigenvalue weighted by Gasteiger charge is -2.16. The summed E-state index contributed by atoms with van der Waals surface area (Å²) in [5, 5.41) is 13.5. The number of esters is 1. The number of nitrogens with one attached hydrogen (secondary N) is 1. The van der Waals surface area contributed by atoms with Crippen LogP contribution in [0.2, 0.25) is 0 Å². The first-order valence-corrected chi connectivity index (χ1v) is 8.69. The number of amides is 1. The van der Waals surface area contributed by atoms with Gasteiger partial charge < -0.3 is 10.1 Å². The van der Waals surface area contributed by atoms with Gasteiger partial charge in [-0.2, -0.15) is 0 Å². The monoisotopic (exact) mass is 362 g/mol. The molecule has 1 aromatic rings. The number of carbonyl (C=O) groups is 2. The predicted octanol–water partition coefficient (Wildman–Crippen LogP) is 3.32. The summed E-state index contributed by atoms with van der Waals surface area (Å²) in [6, 6.07) is 5.18. The summed E-state index contributed by atoms with van der Waals surface area (Å²) in [6.45, 7) is 3.68. The van der Waals surface area contributed by atoms with E-state index in [4.69, 9.17) is 4.74 Å². The van der Waals surface area contributed by atoms with Crippen LogP contribution in [0.3, 0.4) is 0 Å². The van der Waals surface area contributed by atoms with Gasteiger partial charge in [0.15, 0.2) is 0 Å². The molecule has 1 atom stereocenters. The van der Waals surface area contributed by atoms with Crippen LogP contribution in [0.4, 0.5) is 5.69 Å². The van der Waals surface area contributed by atoms with E-state index < -0.39 is 16.9 Å². The number of non-ortho nitro benzene ring substituents is 1. The fraction of sp³-hybridized carbons (Fsp3) is 0.474. The quantitative estimate of drug-likeness (QED) is 0.202. The Labute approximate surface area is 153 Å². The molecule has 0 aromatic heterocycles. The molecule has 7 heteroatoms. The van der Waals surface area contributed by atoms with Crippen molar-refractivity contribution in [2.75, 3.05) is 7.11 Å². The fourth-order valence-electron chi connectivity index (χ4n) is 2.59. The summed E-state index contributed by atoms with van der Waals surface area (Å²) in [4.78, 5) is 34.4. The summed E-state index contributed by atoms with van der Waals surface area (Å²) in [5.74, 6) is -0.851. The molecule has 7 nitrogen and oxygen atoms in total. The molecule has 142 valence electrons. The lowest BCUT2D eigenvalue weighted by molar-refractivity contribution is -0.384. The van der Waals surface area contributed by atoms with Crippen LogP contribution < -0.4 is 5.32 Å². The second-order valence-corrected chi connectivity index (χ2v) is 6.03. The van der Waals surface area contributed by atoms with Gasteiger partial charge >= 0.3 is 5.97 Å². The minimum Gasteiger partial charge on any atom is -0.467 e. The Morgan fingerprint density at radius 1 is 1.31 bits per heavy atom. The number of hydrogen-bond acceptors (Lipinski definition) is 5. The molecule has 0 aliphatic heterocycles. The largest absolute Gasteiger partial charge is 0.467 e. The molecule has 0 aliphatic rings. The Kier molecular flexibility index (Phi) is 9.67. The van der Waals surface area contributed by atoms with E-state index in [0.717, 1.165) is 32.1 Å². The molecule has 1 aromatic carbocycles. The van der Waals surface area contributed by atoms with E-state index in [0.29, 0.717) is 12.0 Å². The molecule has 0 unspecified atom stereocenters. The van der Waals surface area contributed by atoms with Crippen LogP contribution in [-0.4, -0.2) is 30.0 Å². The lowest BCUT2D eigenvalue weighted by Crippen LogP contribution is -2.42. The first-order valence-electron chi connectivity index (χ1n) is 8.69. The van der Waals surface area contributed by atoms with Gasteiger partial charge in [-0.3, -0.25) is 14.9 Å². The molecule has 1 N–H and O–H groups in total. The minimum absolute atomic E-state index is 0.0332. The lowest BCUT2D eigenvalue weighted by atomic mass is 10.1. The van der Waals surface area contributed by atoms with Crippen molar-refractivity contribution in [2.24, 2.45) is 0 Å². The predicted molar refractivity (Wildman–Crippen MR) is 98.6 cm³/mol. The molecule has 0 bridgehead atoms. The Balaban J connectivity index is 2.54. The number of unbranched alkanes of at least 4 members (excludes halogenated alkanes) is 4. The van der Waals surface area contributed by atoms with Crippen LogP contribution in [-0.2, 0) is 20.7 Å². The highest BCUT2D eigenvalue weighted by Gasteiger charge is 2.21. The third kappa shape index (κ3) is 7.92. The number of nitrogens with zero attached hydrogens (tertiary/aromatic N) is 1. The van der Waals surface area contributed by atoms with Gasteiger partial charge in [0.05, 0.1) is 18.5 Å². The Bertz CT molecular complexity index is 630. The van der Waals surface area contributed by atoms with Crippen molar-refractivity contribution in [2.45, 2.75) is 51.0 Å². The van der Waals surface area contributed by atoms with Crippen molar-refractivity contribution >= 4 is 17.6 Å². The highest BCUT2D eigenvalue weighted by atomic mass is 16.6. The molecule has 0 saturated heterocycles. The van der Waals surface area contributed by atoms with Gasteiger partial charge in [-0.05, 0) is 24.8 Å². The minimum atomic E-state index is -0.703. The standard InChI is InChI=1S/C19H26N2O5/c1-3-4-5-6-7-8-12-17(19(23)26-2)20-18(22)14-15-10-9-11-16(13-15)21(24)25/h3,9-11,13,17H,1,4-8,12,14H2,2H3,(H,20,22)/t17-/m0/s1. The van der Waals surface area contributed by atoms with Gasteiger partial charge in [-0.1, -0.05) is 37.5 Å². The van der Waals surface area contributed by atoms with Crippen molar-refractivity contribution < 1.29 is 19.2 Å². The van der Waals surface area contributed by atoms with Crippen LogP contribution in [0.1, 0.15) is 44.1 Å². The highest BCUT2D eigenvalue weighted by Crippen LogP contribution is 2.14. The first-order chi connectivity index (χ1) is 12.5. The van der Waals surface area contributed by atoms with Gasteiger partial charge in [-0.25, -0.2) is 4.79 Å². The molecule has 1 amide bonds. The zero-order valence-electron chi connectivity index (χ0n) is 15.1. The number of methoxy groups -OCH3 is 1. The van der Waals surface area contributed by atoms with E-state index in [-0.39, 0.29) is 18.0 Å². The van der Waals surface area contributed by atoms with Crippen molar-refractivity contribution in [3.8, 4) is 0 Å². The average molecular weight is 362 g/mol. The van der Waals surface area contributed by atoms with Gasteiger partial charge in [0.2, 0.25) is 5.91 Å². The number of rotatable bonds is 12. The number of benzene rings is 1. The van der Waals surface area contributed by atoms with E-state index in [1.54, 1.807) is 6.07 Å². The fourth-order valence-corrected chi connectivity index (χ4v) is 2.59. The topological polar surface area (TPSA) is 98.5 Å². The van der Waals surface area contributed by atoms with Crippen molar-refractivity contribution in [1.82, 2.24) is 5.32 Å². The molecule has 0 radical (unpaired) electrons. The molecular formula is C19H26N2O5. The van der Waals surface area contributed by atoms with Crippen molar-refractivity contribution in [3.63, 3.8) is 0 Å². The number of hydrogen-bond donors (Lipinski definition) is 1. The third-order valence-electron chi connectivity index (χ3n) is 3.96. The molecular weight excluding hydrogens is 336 g/mol. The summed E-state index contributed by atoms with van der Waals surface area (Å²) >= 11 is 0. The molecule has 0 spiro atoms. The number of nitro benzene ring substituents is 1. The maximum Gasteiger partial charge on any atom is 0.328 e. The maximum absolute atomic E-state index is 12.2. The van der Waals surface area contributed by atoms with Crippen molar-refractivity contribution in [3.05, 3.63) is 52.6 Å². The number of nitro groups is 1. The Hall–Kier alpha value is -2.70. The summed E-state index contributed by atoms with van der Waals surface area (Å²) < 4.78 is 4.75.